The number of pyridine rings is 1. The first-order valence-corrected chi connectivity index (χ1v) is 9.63. The molecule has 148 valence electrons. The van der Waals surface area contributed by atoms with E-state index in [1.165, 1.54) is 12.1 Å². The minimum absolute atomic E-state index is 0.0229. The van der Waals surface area contributed by atoms with E-state index in [1.807, 2.05) is 25.1 Å². The highest BCUT2D eigenvalue weighted by molar-refractivity contribution is 5.97. The molecule has 1 aliphatic rings. The van der Waals surface area contributed by atoms with E-state index in [2.05, 4.69) is 10.3 Å². The molecule has 1 fully saturated rings. The van der Waals surface area contributed by atoms with Crippen molar-refractivity contribution in [3.8, 4) is 5.69 Å². The van der Waals surface area contributed by atoms with Crippen molar-refractivity contribution < 1.29 is 9.72 Å². The number of nitro benzene ring substituents is 1. The normalized spacial score (nSPS) is 13.3. The van der Waals surface area contributed by atoms with Gasteiger partial charge in [0.2, 0.25) is 0 Å². The Morgan fingerprint density at radius 3 is 2.59 bits per heavy atom. The van der Waals surface area contributed by atoms with Crippen LogP contribution in [0.5, 0.6) is 0 Å². The first kappa shape index (κ1) is 18.8. The van der Waals surface area contributed by atoms with E-state index in [1.54, 1.807) is 23.0 Å². The Bertz CT molecular complexity index is 1040. The standard InChI is InChI=1S/C21H21N5O3/c1-2-18-19(21(27)23-13-15-5-3-4-12-22-15)20(14-6-7-14)24-25(18)16-8-10-17(11-9-16)26(28)29/h3-5,8-12,14H,2,6-7,13H2,1H3,(H,23,27). The molecule has 2 heterocycles. The number of nitro groups is 1. The molecule has 4 rings (SSSR count). The smallest absolute Gasteiger partial charge is 0.269 e. The van der Waals surface area contributed by atoms with E-state index < -0.39 is 4.92 Å². The van der Waals surface area contributed by atoms with E-state index in [0.29, 0.717) is 24.2 Å². The zero-order chi connectivity index (χ0) is 20.4. The van der Waals surface area contributed by atoms with Crippen molar-refractivity contribution >= 4 is 11.6 Å². The first-order valence-electron chi connectivity index (χ1n) is 9.63. The van der Waals surface area contributed by atoms with Crippen LogP contribution < -0.4 is 5.32 Å². The largest absolute Gasteiger partial charge is 0.346 e. The number of nitrogens with zero attached hydrogens (tertiary/aromatic N) is 4. The molecule has 0 saturated heterocycles. The molecule has 0 radical (unpaired) electrons. The predicted octanol–water partition coefficient (Wildman–Crippen LogP) is 3.55. The SMILES string of the molecule is CCc1c(C(=O)NCc2ccccn2)c(C2CC2)nn1-c1ccc([N+](=O)[O-])cc1. The lowest BCUT2D eigenvalue weighted by Crippen LogP contribution is -2.25. The summed E-state index contributed by atoms with van der Waals surface area (Å²) >= 11 is 0. The van der Waals surface area contributed by atoms with Crippen molar-refractivity contribution in [1.29, 1.82) is 0 Å². The second-order valence-electron chi connectivity index (χ2n) is 7.02. The molecule has 8 nitrogen and oxygen atoms in total. The lowest BCUT2D eigenvalue weighted by Gasteiger charge is -2.09. The van der Waals surface area contributed by atoms with E-state index in [0.717, 1.165) is 29.9 Å². The van der Waals surface area contributed by atoms with E-state index in [9.17, 15) is 14.9 Å². The summed E-state index contributed by atoms with van der Waals surface area (Å²) in [5.41, 5.74) is 3.74. The van der Waals surface area contributed by atoms with Crippen LogP contribution in [0.3, 0.4) is 0 Å². The number of hydrogen-bond acceptors (Lipinski definition) is 5. The molecule has 1 aliphatic carbocycles. The van der Waals surface area contributed by atoms with Crippen LogP contribution in [0.15, 0.2) is 48.7 Å². The van der Waals surface area contributed by atoms with Crippen molar-refractivity contribution in [3.05, 3.63) is 81.4 Å². The fourth-order valence-corrected chi connectivity index (χ4v) is 3.38. The monoisotopic (exact) mass is 391 g/mol. The van der Waals surface area contributed by atoms with Crippen molar-refractivity contribution in [1.82, 2.24) is 20.1 Å². The molecule has 0 atom stereocenters. The molecule has 2 aromatic heterocycles. The van der Waals surface area contributed by atoms with Gasteiger partial charge in [0.05, 0.1) is 39.8 Å². The summed E-state index contributed by atoms with van der Waals surface area (Å²) in [6.45, 7) is 2.32. The summed E-state index contributed by atoms with van der Waals surface area (Å²) in [5.74, 6) is 0.123. The van der Waals surface area contributed by atoms with Crippen LogP contribution in [0.4, 0.5) is 5.69 Å². The van der Waals surface area contributed by atoms with Gasteiger partial charge in [0.1, 0.15) is 0 Å². The van der Waals surface area contributed by atoms with Gasteiger partial charge in [-0.25, -0.2) is 4.68 Å². The number of nitrogens with one attached hydrogen (secondary N) is 1. The zero-order valence-electron chi connectivity index (χ0n) is 16.0. The summed E-state index contributed by atoms with van der Waals surface area (Å²) in [6, 6.07) is 11.8. The third-order valence-electron chi connectivity index (χ3n) is 5.00. The Hall–Kier alpha value is -3.55. The van der Waals surface area contributed by atoms with Crippen LogP contribution >= 0.6 is 0 Å². The molecule has 1 aromatic carbocycles. The van der Waals surface area contributed by atoms with Crippen LogP contribution in [0.2, 0.25) is 0 Å². The third kappa shape index (κ3) is 3.87. The van der Waals surface area contributed by atoms with Gasteiger partial charge in [0, 0.05) is 24.2 Å². The predicted molar refractivity (Wildman–Crippen MR) is 107 cm³/mol. The fourth-order valence-electron chi connectivity index (χ4n) is 3.38. The zero-order valence-corrected chi connectivity index (χ0v) is 16.0. The topological polar surface area (TPSA) is 103 Å². The maximum absolute atomic E-state index is 13.1. The molecule has 0 bridgehead atoms. The molecule has 0 spiro atoms. The van der Waals surface area contributed by atoms with Crippen LogP contribution in [-0.4, -0.2) is 25.6 Å². The minimum Gasteiger partial charge on any atom is -0.346 e. The van der Waals surface area contributed by atoms with Gasteiger partial charge >= 0.3 is 0 Å². The second kappa shape index (κ2) is 7.83. The second-order valence-corrected chi connectivity index (χ2v) is 7.02. The molecular weight excluding hydrogens is 370 g/mol. The lowest BCUT2D eigenvalue weighted by molar-refractivity contribution is -0.384. The van der Waals surface area contributed by atoms with Crippen LogP contribution in [-0.2, 0) is 13.0 Å². The summed E-state index contributed by atoms with van der Waals surface area (Å²) in [6.07, 6.45) is 4.34. The Balaban J connectivity index is 1.67. The third-order valence-corrected chi connectivity index (χ3v) is 5.00. The molecule has 29 heavy (non-hydrogen) atoms. The molecule has 1 saturated carbocycles. The Morgan fingerprint density at radius 1 is 1.24 bits per heavy atom. The van der Waals surface area contributed by atoms with Gasteiger partial charge in [-0.15, -0.1) is 0 Å². The maximum Gasteiger partial charge on any atom is 0.269 e. The molecule has 1 amide bonds. The molecule has 8 heteroatoms. The number of benzene rings is 1. The number of non-ortho nitro benzene ring substituents is 1. The van der Waals surface area contributed by atoms with E-state index in [-0.39, 0.29) is 17.5 Å². The molecular formula is C21H21N5O3. The van der Waals surface area contributed by atoms with E-state index in [4.69, 9.17) is 5.10 Å². The Labute approximate surface area is 167 Å². The molecule has 1 N–H and O–H groups in total. The maximum atomic E-state index is 13.1. The van der Waals surface area contributed by atoms with E-state index >= 15 is 0 Å². The highest BCUT2D eigenvalue weighted by atomic mass is 16.6. The number of rotatable bonds is 7. The van der Waals surface area contributed by atoms with Crippen molar-refractivity contribution in [2.45, 2.75) is 38.6 Å². The van der Waals surface area contributed by atoms with Crippen molar-refractivity contribution in [2.24, 2.45) is 0 Å². The van der Waals surface area contributed by atoms with Crippen molar-refractivity contribution in [3.63, 3.8) is 0 Å². The number of aromatic nitrogens is 3. The van der Waals surface area contributed by atoms with Gasteiger partial charge in [-0.1, -0.05) is 13.0 Å². The summed E-state index contributed by atoms with van der Waals surface area (Å²) < 4.78 is 1.74. The van der Waals surface area contributed by atoms with Gasteiger partial charge < -0.3 is 5.32 Å². The summed E-state index contributed by atoms with van der Waals surface area (Å²) in [4.78, 5) is 27.8. The lowest BCUT2D eigenvalue weighted by atomic mass is 10.1. The number of carbonyl (C=O) groups excluding carboxylic acids is 1. The molecule has 0 unspecified atom stereocenters. The number of amides is 1. The summed E-state index contributed by atoms with van der Waals surface area (Å²) in [7, 11) is 0. The molecule has 3 aromatic rings. The number of hydrogen-bond donors (Lipinski definition) is 1. The van der Waals surface area contributed by atoms with Gasteiger partial charge in [0.15, 0.2) is 0 Å². The molecule has 0 aliphatic heterocycles. The average molecular weight is 391 g/mol. The van der Waals surface area contributed by atoms with Crippen molar-refractivity contribution in [2.75, 3.05) is 0 Å². The first-order chi connectivity index (χ1) is 14.1. The van der Waals surface area contributed by atoms with Crippen LogP contribution in [0.25, 0.3) is 5.69 Å². The highest BCUT2D eigenvalue weighted by Crippen LogP contribution is 2.42. The van der Waals surface area contributed by atoms with Gasteiger partial charge in [-0.3, -0.25) is 19.9 Å². The quantitative estimate of drug-likeness (QED) is 0.490. The van der Waals surface area contributed by atoms with Gasteiger partial charge in [-0.2, -0.15) is 5.10 Å². The fraction of sp³-hybridized carbons (Fsp3) is 0.286. The highest BCUT2D eigenvalue weighted by Gasteiger charge is 2.34. The average Bonchev–Trinajstić information content (AvgIpc) is 3.52. The van der Waals surface area contributed by atoms with Gasteiger partial charge in [0.25, 0.3) is 11.6 Å². The van der Waals surface area contributed by atoms with Gasteiger partial charge in [-0.05, 0) is 43.5 Å². The van der Waals surface area contributed by atoms with Crippen LogP contribution in [0.1, 0.15) is 53.1 Å². The minimum atomic E-state index is -0.431. The van der Waals surface area contributed by atoms with Crippen LogP contribution in [0, 0.1) is 10.1 Å². The number of carbonyl (C=O) groups is 1. The Morgan fingerprint density at radius 2 is 2.00 bits per heavy atom. The Kier molecular flexibility index (Phi) is 5.07. The summed E-state index contributed by atoms with van der Waals surface area (Å²) in [5, 5.41) is 18.6.